The van der Waals surface area contributed by atoms with E-state index in [9.17, 15) is 0 Å². The normalized spacial score (nSPS) is 11.9. The Labute approximate surface area is 176 Å². The number of hydrogen-bond donors (Lipinski definition) is 0. The highest BCUT2D eigenvalue weighted by Gasteiger charge is 2.18. The summed E-state index contributed by atoms with van der Waals surface area (Å²) in [5, 5.41) is 6.42. The minimum atomic E-state index is 0.683. The number of rotatable bonds is 7. The first-order valence-electron chi connectivity index (χ1n) is 10.2. The van der Waals surface area contributed by atoms with Crippen LogP contribution in [0.3, 0.4) is 0 Å². The smallest absolute Gasteiger partial charge is 0.182 e. The quantitative estimate of drug-likeness (QED) is 0.441. The Morgan fingerprint density at radius 2 is 1.76 bits per heavy atom. The van der Waals surface area contributed by atoms with Gasteiger partial charge in [-0.15, -0.1) is 5.10 Å². The molecule has 0 radical (unpaired) electrons. The van der Waals surface area contributed by atoms with Crippen molar-refractivity contribution in [1.29, 1.82) is 0 Å². The van der Waals surface area contributed by atoms with Gasteiger partial charge in [0.15, 0.2) is 11.5 Å². The molecular weight excluding hydrogens is 384 g/mol. The maximum atomic E-state index is 6.01. The van der Waals surface area contributed by atoms with Gasteiger partial charge >= 0.3 is 0 Å². The molecule has 0 unspecified atom stereocenters. The number of aryl methyl sites for hydroxylation is 2. The zero-order chi connectivity index (χ0) is 20.5. The van der Waals surface area contributed by atoms with E-state index in [1.54, 1.807) is 10.8 Å². The third-order valence-corrected chi connectivity index (χ3v) is 6.05. The molecule has 0 spiro atoms. The maximum absolute atomic E-state index is 6.01. The molecule has 0 amide bonds. The van der Waals surface area contributed by atoms with E-state index in [1.807, 2.05) is 24.3 Å². The van der Waals surface area contributed by atoms with E-state index in [4.69, 9.17) is 21.6 Å². The molecule has 0 fully saturated rings. The summed E-state index contributed by atoms with van der Waals surface area (Å²) in [5.74, 6) is 0.683. The predicted octanol–water partition coefficient (Wildman–Crippen LogP) is 4.75. The van der Waals surface area contributed by atoms with Crippen molar-refractivity contribution in [3.63, 3.8) is 0 Å². The predicted molar refractivity (Wildman–Crippen MR) is 119 cm³/mol. The Kier molecular flexibility index (Phi) is 5.56. The van der Waals surface area contributed by atoms with Gasteiger partial charge in [0.05, 0.1) is 5.39 Å². The number of halogens is 1. The van der Waals surface area contributed by atoms with Crippen LogP contribution in [0.1, 0.15) is 31.5 Å². The summed E-state index contributed by atoms with van der Waals surface area (Å²) in [6, 6.07) is 7.60. The van der Waals surface area contributed by atoms with Crippen LogP contribution < -0.4 is 0 Å². The van der Waals surface area contributed by atoms with Gasteiger partial charge in [-0.25, -0.2) is 14.5 Å². The minimum Gasteiger partial charge on any atom is -0.329 e. The van der Waals surface area contributed by atoms with Gasteiger partial charge < -0.3 is 9.47 Å². The van der Waals surface area contributed by atoms with Crippen molar-refractivity contribution in [2.75, 3.05) is 19.6 Å². The van der Waals surface area contributed by atoms with Crippen molar-refractivity contribution in [2.45, 2.75) is 40.7 Å². The largest absolute Gasteiger partial charge is 0.329 e. The highest BCUT2D eigenvalue weighted by Crippen LogP contribution is 2.28. The van der Waals surface area contributed by atoms with Crippen molar-refractivity contribution < 1.29 is 0 Å². The van der Waals surface area contributed by atoms with Gasteiger partial charge in [0.1, 0.15) is 12.0 Å². The molecule has 0 aliphatic carbocycles. The number of nitrogens with zero attached hydrogens (tertiary/aromatic N) is 6. The molecule has 0 aliphatic rings. The summed E-state index contributed by atoms with van der Waals surface area (Å²) in [6.45, 7) is 13.0. The van der Waals surface area contributed by atoms with Crippen molar-refractivity contribution in [2.24, 2.45) is 0 Å². The molecule has 3 heterocycles. The molecule has 0 aliphatic heterocycles. The van der Waals surface area contributed by atoms with Crippen molar-refractivity contribution in [3.05, 3.63) is 46.9 Å². The number of hydrogen-bond acceptors (Lipinski definition) is 4. The average Bonchev–Trinajstić information content (AvgIpc) is 3.26. The van der Waals surface area contributed by atoms with Gasteiger partial charge in [0.2, 0.25) is 0 Å². The summed E-state index contributed by atoms with van der Waals surface area (Å²) in [6.07, 6.45) is 2.87. The fourth-order valence-corrected chi connectivity index (χ4v) is 4.04. The monoisotopic (exact) mass is 410 g/mol. The third-order valence-electron chi connectivity index (χ3n) is 5.80. The zero-order valence-corrected chi connectivity index (χ0v) is 18.2. The van der Waals surface area contributed by atoms with Crippen LogP contribution in [0, 0.1) is 13.8 Å². The van der Waals surface area contributed by atoms with E-state index in [1.165, 1.54) is 11.3 Å². The molecule has 4 rings (SSSR count). The highest BCUT2D eigenvalue weighted by molar-refractivity contribution is 6.30. The summed E-state index contributed by atoms with van der Waals surface area (Å²) in [7, 11) is 0. The Hall–Kier alpha value is -2.44. The van der Waals surface area contributed by atoms with Crippen molar-refractivity contribution in [3.8, 4) is 11.4 Å². The summed E-state index contributed by atoms with van der Waals surface area (Å²) in [4.78, 5) is 12.0. The lowest BCUT2D eigenvalue weighted by Crippen LogP contribution is -2.25. The molecule has 0 N–H and O–H groups in total. The summed E-state index contributed by atoms with van der Waals surface area (Å²) in [5.41, 5.74) is 5.25. The Morgan fingerprint density at radius 3 is 2.45 bits per heavy atom. The summed E-state index contributed by atoms with van der Waals surface area (Å²) >= 11 is 6.01. The second-order valence-corrected chi connectivity index (χ2v) is 7.83. The first-order valence-corrected chi connectivity index (χ1v) is 10.6. The lowest BCUT2D eigenvalue weighted by atomic mass is 10.2. The van der Waals surface area contributed by atoms with Gasteiger partial charge in [-0.2, -0.15) is 0 Å². The van der Waals surface area contributed by atoms with E-state index >= 15 is 0 Å². The fraction of sp³-hybridized carbons (Fsp3) is 0.409. The van der Waals surface area contributed by atoms with Crippen LogP contribution in [-0.4, -0.2) is 48.7 Å². The minimum absolute atomic E-state index is 0.683. The average molecular weight is 411 g/mol. The molecule has 0 saturated heterocycles. The van der Waals surface area contributed by atoms with Crippen LogP contribution in [0.15, 0.2) is 30.6 Å². The molecule has 152 valence electrons. The zero-order valence-electron chi connectivity index (χ0n) is 17.5. The highest BCUT2D eigenvalue weighted by atomic mass is 35.5. The molecule has 29 heavy (non-hydrogen) atoms. The molecule has 4 aromatic rings. The number of fused-ring (bicyclic) bond motifs is 3. The molecule has 0 bridgehead atoms. The lowest BCUT2D eigenvalue weighted by molar-refractivity contribution is 0.293. The standard InChI is InChI=1S/C22H27ClN6/c1-5-27(6-2)12-7-13-28-16(4)15(3)19-21(28)24-14-29-22(19)25-20(26-29)17-8-10-18(23)11-9-17/h8-11,14H,5-7,12-13H2,1-4H3. The molecule has 7 heteroatoms. The molecule has 6 nitrogen and oxygen atoms in total. The molecular formula is C22H27ClN6. The van der Waals surface area contributed by atoms with Gasteiger partial charge in [-0.1, -0.05) is 25.4 Å². The second kappa shape index (κ2) is 8.13. The Morgan fingerprint density at radius 1 is 1.03 bits per heavy atom. The van der Waals surface area contributed by atoms with Crippen LogP contribution in [0.5, 0.6) is 0 Å². The molecule has 0 saturated carbocycles. The maximum Gasteiger partial charge on any atom is 0.182 e. The molecule has 1 aromatic carbocycles. The van der Waals surface area contributed by atoms with Crippen molar-refractivity contribution >= 4 is 28.3 Å². The molecule has 0 atom stereocenters. The van der Waals surface area contributed by atoms with Crippen LogP contribution in [-0.2, 0) is 6.54 Å². The topological polar surface area (TPSA) is 51.2 Å². The van der Waals surface area contributed by atoms with E-state index in [0.717, 1.165) is 54.8 Å². The lowest BCUT2D eigenvalue weighted by Gasteiger charge is -2.18. The van der Waals surface area contributed by atoms with E-state index in [0.29, 0.717) is 10.8 Å². The number of benzene rings is 1. The van der Waals surface area contributed by atoms with Crippen LogP contribution in [0.4, 0.5) is 0 Å². The Bertz CT molecular complexity index is 1140. The summed E-state index contributed by atoms with van der Waals surface area (Å²) < 4.78 is 4.10. The van der Waals surface area contributed by atoms with E-state index < -0.39 is 0 Å². The second-order valence-electron chi connectivity index (χ2n) is 7.40. The Balaban J connectivity index is 1.73. The van der Waals surface area contributed by atoms with Gasteiger partial charge in [0, 0.05) is 22.8 Å². The van der Waals surface area contributed by atoms with Crippen molar-refractivity contribution in [1.82, 2.24) is 29.0 Å². The van der Waals surface area contributed by atoms with Crippen LogP contribution >= 0.6 is 11.6 Å². The van der Waals surface area contributed by atoms with Gasteiger partial charge in [-0.3, -0.25) is 0 Å². The first-order chi connectivity index (χ1) is 14.0. The third kappa shape index (κ3) is 3.63. The van der Waals surface area contributed by atoms with Crippen LogP contribution in [0.2, 0.25) is 5.02 Å². The molecule has 3 aromatic heterocycles. The van der Waals surface area contributed by atoms with E-state index in [-0.39, 0.29) is 0 Å². The SMILES string of the molecule is CCN(CC)CCCn1c(C)c(C)c2c1ncn1nc(-c3ccc(Cl)cc3)nc21. The fourth-order valence-electron chi connectivity index (χ4n) is 3.92. The number of aromatic nitrogens is 5. The first kappa shape index (κ1) is 19.9. The van der Waals surface area contributed by atoms with Gasteiger partial charge in [0.25, 0.3) is 0 Å². The van der Waals surface area contributed by atoms with E-state index in [2.05, 4.69) is 42.3 Å². The van der Waals surface area contributed by atoms with Gasteiger partial charge in [-0.05, 0) is 69.7 Å². The van der Waals surface area contributed by atoms with Crippen LogP contribution in [0.25, 0.3) is 28.1 Å².